The van der Waals surface area contributed by atoms with Crippen LogP contribution in [0, 0.1) is 5.82 Å². The molecule has 0 radical (unpaired) electrons. The molecule has 1 aliphatic rings. The molecule has 1 saturated heterocycles. The van der Waals surface area contributed by atoms with Crippen molar-refractivity contribution < 1.29 is 4.39 Å². The van der Waals surface area contributed by atoms with Crippen molar-refractivity contribution in [3.05, 3.63) is 72.2 Å². The molecule has 0 saturated carbocycles. The van der Waals surface area contributed by atoms with Crippen LogP contribution in [0.25, 0.3) is 11.3 Å². The first-order chi connectivity index (χ1) is 13.2. The highest BCUT2D eigenvalue weighted by molar-refractivity contribution is 5.62. The van der Waals surface area contributed by atoms with Gasteiger partial charge >= 0.3 is 0 Å². The van der Waals surface area contributed by atoms with Crippen LogP contribution in [0.3, 0.4) is 0 Å². The van der Waals surface area contributed by atoms with Crippen molar-refractivity contribution in [2.75, 3.05) is 18.4 Å². The summed E-state index contributed by atoms with van der Waals surface area (Å²) >= 11 is 0. The fraction of sp³-hybridized carbons (Fsp3) is 0.318. The number of nitrogens with zero attached hydrogens (tertiary/aromatic N) is 3. The summed E-state index contributed by atoms with van der Waals surface area (Å²) in [4.78, 5) is 2.48. The van der Waals surface area contributed by atoms with Crippen LogP contribution in [0.1, 0.15) is 18.4 Å². The molecular weight excluding hydrogens is 339 g/mol. The van der Waals surface area contributed by atoms with E-state index < -0.39 is 0 Å². The predicted octanol–water partition coefficient (Wildman–Crippen LogP) is 4.30. The van der Waals surface area contributed by atoms with Gasteiger partial charge in [0.05, 0.1) is 5.69 Å². The lowest BCUT2D eigenvalue weighted by molar-refractivity contribution is 0.209. The van der Waals surface area contributed by atoms with Crippen LogP contribution in [-0.2, 0) is 13.6 Å². The summed E-state index contributed by atoms with van der Waals surface area (Å²) in [6.07, 6.45) is 4.41. The van der Waals surface area contributed by atoms with Gasteiger partial charge in [-0.25, -0.2) is 4.39 Å². The predicted molar refractivity (Wildman–Crippen MR) is 107 cm³/mol. The van der Waals surface area contributed by atoms with E-state index in [0.717, 1.165) is 49.4 Å². The number of anilines is 1. The molecule has 1 aromatic heterocycles. The van der Waals surface area contributed by atoms with Gasteiger partial charge in [0, 0.05) is 49.2 Å². The topological polar surface area (TPSA) is 33.1 Å². The summed E-state index contributed by atoms with van der Waals surface area (Å²) in [7, 11) is 1.98. The normalized spacial score (nSPS) is 17.8. The molecule has 0 unspecified atom stereocenters. The van der Waals surface area contributed by atoms with Crippen molar-refractivity contribution in [2.24, 2.45) is 7.05 Å². The van der Waals surface area contributed by atoms with Crippen LogP contribution in [-0.4, -0.2) is 33.8 Å². The summed E-state index contributed by atoms with van der Waals surface area (Å²) in [5, 5.41) is 8.23. The van der Waals surface area contributed by atoms with Crippen molar-refractivity contribution in [3.63, 3.8) is 0 Å². The summed E-state index contributed by atoms with van der Waals surface area (Å²) in [6.45, 7) is 2.95. The van der Waals surface area contributed by atoms with E-state index in [1.807, 2.05) is 29.9 Å². The Morgan fingerprint density at radius 2 is 1.89 bits per heavy atom. The standard InChI is InChI=1S/C22H25FN4/c1-26-14-18(22(25-26)17-6-3-2-4-7-17)15-27-13-5-8-21(16-27)24-20-11-9-19(23)10-12-20/h2-4,6-7,9-12,14,21,24H,5,8,13,15-16H2,1H3/t21-/m1/s1. The molecule has 2 aromatic carbocycles. The molecule has 0 aliphatic carbocycles. The fourth-order valence-corrected chi connectivity index (χ4v) is 3.83. The van der Waals surface area contributed by atoms with Gasteiger partial charge in [0.1, 0.15) is 5.82 Å². The molecule has 0 spiro atoms. The third-order valence-corrected chi connectivity index (χ3v) is 5.07. The molecule has 1 fully saturated rings. The highest BCUT2D eigenvalue weighted by Gasteiger charge is 2.22. The van der Waals surface area contributed by atoms with Crippen molar-refractivity contribution >= 4 is 5.69 Å². The number of hydrogen-bond donors (Lipinski definition) is 1. The molecule has 4 nitrogen and oxygen atoms in total. The highest BCUT2D eigenvalue weighted by Crippen LogP contribution is 2.25. The van der Waals surface area contributed by atoms with Crippen LogP contribution in [0.2, 0.25) is 0 Å². The first kappa shape index (κ1) is 17.7. The number of aryl methyl sites for hydroxylation is 1. The summed E-state index contributed by atoms with van der Waals surface area (Å²) in [6, 6.07) is 17.4. The smallest absolute Gasteiger partial charge is 0.123 e. The third kappa shape index (κ3) is 4.37. The maximum atomic E-state index is 13.1. The second kappa shape index (κ2) is 7.92. The Labute approximate surface area is 159 Å². The SMILES string of the molecule is Cn1cc(CN2CCC[C@@H](Nc3ccc(F)cc3)C2)c(-c2ccccc2)n1. The number of rotatable bonds is 5. The van der Waals surface area contributed by atoms with E-state index in [1.165, 1.54) is 17.7 Å². The zero-order valence-electron chi connectivity index (χ0n) is 15.6. The summed E-state index contributed by atoms with van der Waals surface area (Å²) in [5.41, 5.74) is 4.46. The van der Waals surface area contributed by atoms with E-state index in [9.17, 15) is 4.39 Å². The maximum Gasteiger partial charge on any atom is 0.123 e. The maximum absolute atomic E-state index is 13.1. The molecular formula is C22H25FN4. The molecule has 140 valence electrons. The van der Waals surface area contributed by atoms with E-state index in [4.69, 9.17) is 0 Å². The Morgan fingerprint density at radius 3 is 2.67 bits per heavy atom. The van der Waals surface area contributed by atoms with Gasteiger partial charge in [-0.2, -0.15) is 5.10 Å². The van der Waals surface area contributed by atoms with Crippen LogP contribution in [0.5, 0.6) is 0 Å². The van der Waals surface area contributed by atoms with Crippen LogP contribution < -0.4 is 5.32 Å². The van der Waals surface area contributed by atoms with Gasteiger partial charge < -0.3 is 5.32 Å². The lowest BCUT2D eigenvalue weighted by Gasteiger charge is -2.33. The van der Waals surface area contributed by atoms with Crippen LogP contribution in [0.15, 0.2) is 60.8 Å². The van der Waals surface area contributed by atoms with E-state index in [0.29, 0.717) is 6.04 Å². The van der Waals surface area contributed by atoms with Gasteiger partial charge in [0.25, 0.3) is 0 Å². The Balaban J connectivity index is 1.45. The third-order valence-electron chi connectivity index (χ3n) is 5.07. The van der Waals surface area contributed by atoms with Crippen molar-refractivity contribution in [1.82, 2.24) is 14.7 Å². The van der Waals surface area contributed by atoms with Gasteiger partial charge in [-0.1, -0.05) is 30.3 Å². The molecule has 2 heterocycles. The minimum absolute atomic E-state index is 0.198. The second-order valence-corrected chi connectivity index (χ2v) is 7.27. The Bertz CT molecular complexity index is 873. The minimum atomic E-state index is -0.198. The molecule has 1 N–H and O–H groups in total. The summed E-state index contributed by atoms with van der Waals surface area (Å²) < 4.78 is 15.0. The molecule has 5 heteroatoms. The van der Waals surface area contributed by atoms with Crippen LogP contribution >= 0.6 is 0 Å². The lowest BCUT2D eigenvalue weighted by Crippen LogP contribution is -2.41. The first-order valence-corrected chi connectivity index (χ1v) is 9.50. The average molecular weight is 364 g/mol. The number of benzene rings is 2. The zero-order chi connectivity index (χ0) is 18.6. The Morgan fingerprint density at radius 1 is 1.11 bits per heavy atom. The molecule has 0 amide bonds. The lowest BCUT2D eigenvalue weighted by atomic mass is 10.0. The van der Waals surface area contributed by atoms with Crippen molar-refractivity contribution in [2.45, 2.75) is 25.4 Å². The molecule has 1 aliphatic heterocycles. The fourth-order valence-electron chi connectivity index (χ4n) is 3.83. The molecule has 3 aromatic rings. The van der Waals surface area contributed by atoms with Gasteiger partial charge in [-0.3, -0.25) is 9.58 Å². The monoisotopic (exact) mass is 364 g/mol. The quantitative estimate of drug-likeness (QED) is 0.733. The van der Waals surface area contributed by atoms with Gasteiger partial charge in [-0.05, 0) is 43.7 Å². The van der Waals surface area contributed by atoms with Gasteiger partial charge in [0.2, 0.25) is 0 Å². The molecule has 1 atom stereocenters. The number of piperidine rings is 1. The van der Waals surface area contributed by atoms with E-state index >= 15 is 0 Å². The first-order valence-electron chi connectivity index (χ1n) is 9.50. The second-order valence-electron chi connectivity index (χ2n) is 7.27. The number of hydrogen-bond acceptors (Lipinski definition) is 3. The molecule has 4 rings (SSSR count). The van der Waals surface area contributed by atoms with Gasteiger partial charge in [-0.15, -0.1) is 0 Å². The van der Waals surface area contributed by atoms with Gasteiger partial charge in [0.15, 0.2) is 0 Å². The molecule has 0 bridgehead atoms. The highest BCUT2D eigenvalue weighted by atomic mass is 19.1. The largest absolute Gasteiger partial charge is 0.381 e. The van der Waals surface area contributed by atoms with Crippen molar-refractivity contribution in [3.8, 4) is 11.3 Å². The van der Waals surface area contributed by atoms with Crippen molar-refractivity contribution in [1.29, 1.82) is 0 Å². The average Bonchev–Trinajstić information content (AvgIpc) is 3.05. The van der Waals surface area contributed by atoms with E-state index in [2.05, 4.69) is 45.8 Å². The van der Waals surface area contributed by atoms with Crippen LogP contribution in [0.4, 0.5) is 10.1 Å². The Kier molecular flexibility index (Phi) is 5.21. The Hall–Kier alpha value is -2.66. The van der Waals surface area contributed by atoms with E-state index in [1.54, 1.807) is 0 Å². The minimum Gasteiger partial charge on any atom is -0.381 e. The van der Waals surface area contributed by atoms with E-state index in [-0.39, 0.29) is 5.82 Å². The number of likely N-dealkylation sites (tertiary alicyclic amines) is 1. The zero-order valence-corrected chi connectivity index (χ0v) is 15.6. The number of aromatic nitrogens is 2. The molecule has 27 heavy (non-hydrogen) atoms. The number of nitrogens with one attached hydrogen (secondary N) is 1. The number of halogens is 1. The summed E-state index contributed by atoms with van der Waals surface area (Å²) in [5.74, 6) is -0.198.